The fraction of sp³-hybridized carbons (Fsp3) is 0.250. The lowest BCUT2D eigenvalue weighted by atomic mass is 9.79. The van der Waals surface area contributed by atoms with Gasteiger partial charge in [-0.25, -0.2) is 9.97 Å². The Kier molecular flexibility index (Phi) is 4.48. The van der Waals surface area contributed by atoms with Crippen LogP contribution in [-0.2, 0) is 11.8 Å². The number of fused-ring (bicyclic) bond motifs is 6. The van der Waals surface area contributed by atoms with Crippen molar-refractivity contribution in [3.8, 4) is 22.5 Å². The van der Waals surface area contributed by atoms with Gasteiger partial charge in [0.05, 0.1) is 11.4 Å². The normalized spacial score (nSPS) is 14.4. The Bertz CT molecular complexity index is 1580. The Morgan fingerprint density at radius 3 is 2.24 bits per heavy atom. The van der Waals surface area contributed by atoms with E-state index in [1.165, 1.54) is 49.4 Å². The highest BCUT2D eigenvalue weighted by atomic mass is 14.9. The summed E-state index contributed by atoms with van der Waals surface area (Å²) in [5, 5.41) is 5.10. The molecule has 0 bridgehead atoms. The highest BCUT2D eigenvalue weighted by molar-refractivity contribution is 6.04. The summed E-state index contributed by atoms with van der Waals surface area (Å²) in [6, 6.07) is 26.5. The fourth-order valence-corrected chi connectivity index (χ4v) is 5.86. The first-order valence-electron chi connectivity index (χ1n) is 12.1. The maximum atomic E-state index is 4.92. The van der Waals surface area contributed by atoms with E-state index in [-0.39, 0.29) is 10.8 Å². The zero-order valence-electron chi connectivity index (χ0n) is 20.6. The predicted octanol–water partition coefficient (Wildman–Crippen LogP) is 8.34. The molecule has 1 aromatic heterocycles. The van der Waals surface area contributed by atoms with Gasteiger partial charge in [0.15, 0.2) is 0 Å². The summed E-state index contributed by atoms with van der Waals surface area (Å²) in [5.74, 6) is 0. The lowest BCUT2D eigenvalue weighted by Crippen LogP contribution is -2.17. The molecule has 0 saturated carbocycles. The van der Waals surface area contributed by atoms with Crippen LogP contribution >= 0.6 is 0 Å². The topological polar surface area (TPSA) is 25.8 Å². The Morgan fingerprint density at radius 2 is 1.41 bits per heavy atom. The van der Waals surface area contributed by atoms with Crippen molar-refractivity contribution < 1.29 is 0 Å². The van der Waals surface area contributed by atoms with Crippen LogP contribution in [-0.4, -0.2) is 9.97 Å². The van der Waals surface area contributed by atoms with Crippen molar-refractivity contribution >= 4 is 21.5 Å². The molecule has 1 aliphatic carbocycles. The van der Waals surface area contributed by atoms with Crippen LogP contribution in [0.2, 0.25) is 0 Å². The molecule has 2 heteroatoms. The molecule has 0 amide bonds. The SMILES string of the molecule is CC(C)(C)Cc1cccc2c(-c3ncnc4c3C(C)(C)c3ccc5ccccc5c3-4)cccc12. The van der Waals surface area contributed by atoms with Gasteiger partial charge in [-0.3, -0.25) is 0 Å². The minimum atomic E-state index is -0.184. The average molecular weight is 443 g/mol. The van der Waals surface area contributed by atoms with Crippen LogP contribution in [0.5, 0.6) is 0 Å². The van der Waals surface area contributed by atoms with Gasteiger partial charge in [0.2, 0.25) is 0 Å². The zero-order chi connectivity index (χ0) is 23.7. The van der Waals surface area contributed by atoms with E-state index in [0.717, 1.165) is 17.8 Å². The molecule has 0 spiro atoms. The number of rotatable bonds is 2. The Hall–Kier alpha value is -3.52. The summed E-state index contributed by atoms with van der Waals surface area (Å²) >= 11 is 0. The van der Waals surface area contributed by atoms with E-state index < -0.39 is 0 Å². The van der Waals surface area contributed by atoms with Gasteiger partial charge in [0.25, 0.3) is 0 Å². The van der Waals surface area contributed by atoms with E-state index >= 15 is 0 Å². The summed E-state index contributed by atoms with van der Waals surface area (Å²) in [4.78, 5) is 9.79. The van der Waals surface area contributed by atoms with E-state index in [9.17, 15) is 0 Å². The largest absolute Gasteiger partial charge is 0.236 e. The molecule has 6 rings (SSSR count). The van der Waals surface area contributed by atoms with Crippen LogP contribution in [0.1, 0.15) is 51.3 Å². The molecule has 0 atom stereocenters. The molecule has 0 N–H and O–H groups in total. The lowest BCUT2D eigenvalue weighted by Gasteiger charge is -2.24. The molecule has 1 heterocycles. The second-order valence-corrected chi connectivity index (χ2v) is 11.3. The molecule has 0 aliphatic heterocycles. The van der Waals surface area contributed by atoms with Gasteiger partial charge < -0.3 is 0 Å². The standard InChI is InChI=1S/C32H30N2/c1-31(2,3)18-21-11-8-14-24-22(21)13-9-15-25(24)29-28-30(34-19-33-29)27-23-12-7-6-10-20(23)16-17-26(27)32(28,4)5/h6-17,19H,18H2,1-5H3. The highest BCUT2D eigenvalue weighted by Gasteiger charge is 2.40. The van der Waals surface area contributed by atoms with Crippen molar-refractivity contribution in [3.63, 3.8) is 0 Å². The Balaban J connectivity index is 1.64. The molecule has 0 radical (unpaired) electrons. The van der Waals surface area contributed by atoms with Gasteiger partial charge in [-0.1, -0.05) is 107 Å². The lowest BCUT2D eigenvalue weighted by molar-refractivity contribution is 0.412. The number of nitrogens with zero attached hydrogens (tertiary/aromatic N) is 2. The van der Waals surface area contributed by atoms with Crippen LogP contribution in [0.25, 0.3) is 44.1 Å². The minimum Gasteiger partial charge on any atom is -0.236 e. The van der Waals surface area contributed by atoms with E-state index in [2.05, 4.69) is 107 Å². The van der Waals surface area contributed by atoms with Gasteiger partial charge in [0.1, 0.15) is 6.33 Å². The van der Waals surface area contributed by atoms with E-state index in [0.29, 0.717) is 0 Å². The van der Waals surface area contributed by atoms with Gasteiger partial charge in [-0.15, -0.1) is 0 Å². The summed E-state index contributed by atoms with van der Waals surface area (Å²) in [5.41, 5.74) is 8.57. The second-order valence-electron chi connectivity index (χ2n) is 11.3. The maximum Gasteiger partial charge on any atom is 0.116 e. The maximum absolute atomic E-state index is 4.92. The number of benzene rings is 4. The van der Waals surface area contributed by atoms with Gasteiger partial charge in [-0.05, 0) is 44.5 Å². The fourth-order valence-electron chi connectivity index (χ4n) is 5.86. The van der Waals surface area contributed by atoms with Crippen molar-refractivity contribution in [3.05, 3.63) is 95.8 Å². The van der Waals surface area contributed by atoms with Crippen LogP contribution < -0.4 is 0 Å². The monoisotopic (exact) mass is 442 g/mol. The summed E-state index contributed by atoms with van der Waals surface area (Å²) in [6.07, 6.45) is 2.79. The van der Waals surface area contributed by atoms with E-state index in [1.807, 2.05) is 0 Å². The second kappa shape index (κ2) is 7.24. The van der Waals surface area contributed by atoms with Crippen molar-refractivity contribution in [1.82, 2.24) is 9.97 Å². The summed E-state index contributed by atoms with van der Waals surface area (Å²) in [7, 11) is 0. The molecular weight excluding hydrogens is 412 g/mol. The molecule has 4 aromatic carbocycles. The molecule has 0 saturated heterocycles. The molecule has 2 nitrogen and oxygen atoms in total. The molecule has 0 fully saturated rings. The third-order valence-corrected chi connectivity index (χ3v) is 7.30. The summed E-state index contributed by atoms with van der Waals surface area (Å²) in [6.45, 7) is 11.5. The van der Waals surface area contributed by atoms with Crippen LogP contribution in [0.4, 0.5) is 0 Å². The highest BCUT2D eigenvalue weighted by Crippen LogP contribution is 2.53. The quantitative estimate of drug-likeness (QED) is 0.274. The van der Waals surface area contributed by atoms with Crippen molar-refractivity contribution in [2.75, 3.05) is 0 Å². The smallest absolute Gasteiger partial charge is 0.116 e. The number of aromatic nitrogens is 2. The Labute approximate surface area is 201 Å². The molecule has 5 aromatic rings. The van der Waals surface area contributed by atoms with Gasteiger partial charge >= 0.3 is 0 Å². The van der Waals surface area contributed by atoms with Crippen molar-refractivity contribution in [2.24, 2.45) is 5.41 Å². The van der Waals surface area contributed by atoms with E-state index in [1.54, 1.807) is 6.33 Å². The van der Waals surface area contributed by atoms with Crippen molar-refractivity contribution in [2.45, 2.75) is 46.5 Å². The number of hydrogen-bond donors (Lipinski definition) is 0. The zero-order valence-corrected chi connectivity index (χ0v) is 20.6. The predicted molar refractivity (Wildman–Crippen MR) is 143 cm³/mol. The minimum absolute atomic E-state index is 0.184. The average Bonchev–Trinajstić information content (AvgIpc) is 3.05. The van der Waals surface area contributed by atoms with Crippen LogP contribution in [0, 0.1) is 5.41 Å². The molecule has 168 valence electrons. The first-order valence-corrected chi connectivity index (χ1v) is 12.1. The third-order valence-electron chi connectivity index (χ3n) is 7.30. The van der Waals surface area contributed by atoms with Crippen LogP contribution in [0.3, 0.4) is 0 Å². The third kappa shape index (κ3) is 3.09. The van der Waals surface area contributed by atoms with Gasteiger partial charge in [0, 0.05) is 22.1 Å². The molecule has 1 aliphatic rings. The Morgan fingerprint density at radius 1 is 0.706 bits per heavy atom. The molecular formula is C32H30N2. The summed E-state index contributed by atoms with van der Waals surface area (Å²) < 4.78 is 0. The van der Waals surface area contributed by atoms with Gasteiger partial charge in [-0.2, -0.15) is 0 Å². The van der Waals surface area contributed by atoms with Crippen LogP contribution in [0.15, 0.2) is 79.1 Å². The molecule has 0 unspecified atom stereocenters. The first kappa shape index (κ1) is 21.0. The van der Waals surface area contributed by atoms with E-state index in [4.69, 9.17) is 9.97 Å². The van der Waals surface area contributed by atoms with Crippen molar-refractivity contribution in [1.29, 1.82) is 0 Å². The first-order chi connectivity index (χ1) is 16.3. The molecule has 34 heavy (non-hydrogen) atoms. The number of hydrogen-bond acceptors (Lipinski definition) is 2.